The maximum Gasteiger partial charge on any atom is 0.116 e. The van der Waals surface area contributed by atoms with Crippen molar-refractivity contribution in [2.75, 3.05) is 0 Å². The Morgan fingerprint density at radius 2 is 2.32 bits per heavy atom. The van der Waals surface area contributed by atoms with Crippen molar-refractivity contribution in [3.63, 3.8) is 0 Å². The summed E-state index contributed by atoms with van der Waals surface area (Å²) >= 11 is 0. The molecular formula is C19H25+. The minimum Gasteiger partial charge on any atom is -0.0949 e. The summed E-state index contributed by atoms with van der Waals surface area (Å²) in [7, 11) is 0. The monoisotopic (exact) mass is 253 g/mol. The largest absolute Gasteiger partial charge is 0.116 e. The minimum absolute atomic E-state index is 0.528. The van der Waals surface area contributed by atoms with E-state index < -0.39 is 0 Å². The number of allylic oxidation sites excluding steroid dienone is 7. The first-order chi connectivity index (χ1) is 9.15. The molecule has 1 aliphatic carbocycles. The molecule has 0 amide bonds. The lowest BCUT2D eigenvalue weighted by Gasteiger charge is -2.06. The zero-order valence-corrected chi connectivity index (χ0v) is 12.5. The summed E-state index contributed by atoms with van der Waals surface area (Å²) in [4.78, 5) is 0. The predicted octanol–water partition coefficient (Wildman–Crippen LogP) is 5.72. The van der Waals surface area contributed by atoms with Crippen LogP contribution in [0.5, 0.6) is 0 Å². The fraction of sp³-hybridized carbons (Fsp3) is 0.421. The van der Waals surface area contributed by atoms with E-state index in [9.17, 15) is 0 Å². The van der Waals surface area contributed by atoms with Gasteiger partial charge in [0.2, 0.25) is 0 Å². The minimum atomic E-state index is 0.528. The summed E-state index contributed by atoms with van der Waals surface area (Å²) in [6.07, 6.45) is 15.6. The van der Waals surface area contributed by atoms with E-state index in [0.29, 0.717) is 5.92 Å². The molecule has 0 aromatic heterocycles. The van der Waals surface area contributed by atoms with Crippen molar-refractivity contribution < 1.29 is 0 Å². The van der Waals surface area contributed by atoms with Crippen LogP contribution in [0.3, 0.4) is 0 Å². The smallest absolute Gasteiger partial charge is 0.0949 e. The molecule has 1 aliphatic rings. The van der Waals surface area contributed by atoms with Crippen LogP contribution >= 0.6 is 0 Å². The van der Waals surface area contributed by atoms with Crippen LogP contribution in [-0.2, 0) is 0 Å². The van der Waals surface area contributed by atoms with Crippen LogP contribution in [0, 0.1) is 12.3 Å². The highest BCUT2D eigenvalue weighted by atomic mass is 14.1. The Bertz CT molecular complexity index is 458. The summed E-state index contributed by atoms with van der Waals surface area (Å²) in [5, 5.41) is 0. The first kappa shape index (κ1) is 15.4. The average Bonchev–Trinajstić information content (AvgIpc) is 2.50. The van der Waals surface area contributed by atoms with Crippen molar-refractivity contribution in [1.29, 1.82) is 0 Å². The Labute approximate surface area is 118 Å². The molecule has 0 radical (unpaired) electrons. The molecule has 100 valence electrons. The van der Waals surface area contributed by atoms with Crippen LogP contribution in [-0.4, -0.2) is 0 Å². The molecule has 0 bridgehead atoms. The lowest BCUT2D eigenvalue weighted by Crippen LogP contribution is -2.00. The standard InChI is InChI=1S/C19H25/c1-5-6-7-11-17(4)19-13-9-8-12-18(16(2)3)14-10-15-19/h9-11,13-14,17H,2,5-7,15H2,1,3-4H3/q+1/b14-10-,18-9?,19-13?. The highest BCUT2D eigenvalue weighted by Crippen LogP contribution is 2.22. The first-order valence-electron chi connectivity index (χ1n) is 7.21. The van der Waals surface area contributed by atoms with E-state index in [1.165, 1.54) is 24.8 Å². The molecule has 0 fully saturated rings. The first-order valence-corrected chi connectivity index (χ1v) is 7.21. The molecule has 19 heavy (non-hydrogen) atoms. The summed E-state index contributed by atoms with van der Waals surface area (Å²) in [6, 6.07) is 0. The topological polar surface area (TPSA) is 0 Å². The summed E-state index contributed by atoms with van der Waals surface area (Å²) in [6.45, 7) is 10.5. The van der Waals surface area contributed by atoms with Crippen LogP contribution < -0.4 is 0 Å². The van der Waals surface area contributed by atoms with Gasteiger partial charge in [-0.2, -0.15) is 0 Å². The summed E-state index contributed by atoms with van der Waals surface area (Å²) in [5.74, 6) is 0.528. The van der Waals surface area contributed by atoms with Gasteiger partial charge in [-0.1, -0.05) is 37.5 Å². The van der Waals surface area contributed by atoms with Crippen molar-refractivity contribution in [2.45, 2.75) is 46.5 Å². The van der Waals surface area contributed by atoms with Gasteiger partial charge < -0.3 is 0 Å². The van der Waals surface area contributed by atoms with Gasteiger partial charge in [-0.25, -0.2) is 0 Å². The molecule has 0 N–H and O–H groups in total. The Balaban J connectivity index is 2.77. The van der Waals surface area contributed by atoms with Crippen molar-refractivity contribution in [1.82, 2.24) is 0 Å². The molecule has 0 saturated carbocycles. The maximum atomic E-state index is 3.96. The lowest BCUT2D eigenvalue weighted by atomic mass is 9.92. The fourth-order valence-corrected chi connectivity index (χ4v) is 2.00. The van der Waals surface area contributed by atoms with E-state index in [2.05, 4.69) is 56.5 Å². The van der Waals surface area contributed by atoms with Crippen molar-refractivity contribution in [3.8, 4) is 0 Å². The van der Waals surface area contributed by atoms with E-state index in [1.807, 2.05) is 13.0 Å². The van der Waals surface area contributed by atoms with Crippen LogP contribution in [0.1, 0.15) is 46.5 Å². The van der Waals surface area contributed by atoms with Gasteiger partial charge in [0.05, 0.1) is 12.8 Å². The Morgan fingerprint density at radius 1 is 1.53 bits per heavy atom. The van der Waals surface area contributed by atoms with Crippen molar-refractivity contribution in [2.24, 2.45) is 5.92 Å². The second-order valence-electron chi connectivity index (χ2n) is 5.14. The van der Waals surface area contributed by atoms with E-state index >= 15 is 0 Å². The van der Waals surface area contributed by atoms with Gasteiger partial charge in [-0.05, 0) is 56.1 Å². The molecule has 0 heteroatoms. The maximum absolute atomic E-state index is 3.96. The molecule has 0 heterocycles. The van der Waals surface area contributed by atoms with Crippen LogP contribution in [0.15, 0.2) is 59.1 Å². The van der Waals surface area contributed by atoms with Gasteiger partial charge in [0, 0.05) is 5.57 Å². The summed E-state index contributed by atoms with van der Waals surface area (Å²) < 4.78 is 0. The highest BCUT2D eigenvalue weighted by molar-refractivity contribution is 5.37. The summed E-state index contributed by atoms with van der Waals surface area (Å²) in [5.41, 5.74) is 9.74. The Hall–Kier alpha value is -1.61. The van der Waals surface area contributed by atoms with E-state index in [1.54, 1.807) is 0 Å². The van der Waals surface area contributed by atoms with Gasteiger partial charge in [-0.15, -0.1) is 0 Å². The molecule has 0 aromatic carbocycles. The molecule has 0 spiro atoms. The molecule has 0 aliphatic heterocycles. The average molecular weight is 253 g/mol. The number of unbranched alkanes of at least 4 members (excludes halogenated alkanes) is 2. The van der Waals surface area contributed by atoms with Crippen molar-refractivity contribution in [3.05, 3.63) is 65.5 Å². The molecule has 1 rings (SSSR count). The molecule has 1 unspecified atom stereocenters. The number of hydrogen-bond donors (Lipinski definition) is 0. The number of hydrogen-bond acceptors (Lipinski definition) is 0. The Kier molecular flexibility index (Phi) is 6.90. The van der Waals surface area contributed by atoms with Crippen molar-refractivity contribution >= 4 is 0 Å². The van der Waals surface area contributed by atoms with Gasteiger partial charge in [0.15, 0.2) is 0 Å². The van der Waals surface area contributed by atoms with Crippen LogP contribution in [0.2, 0.25) is 0 Å². The van der Waals surface area contributed by atoms with E-state index in [4.69, 9.17) is 0 Å². The molecule has 0 nitrogen and oxygen atoms in total. The van der Waals surface area contributed by atoms with Gasteiger partial charge >= 0.3 is 0 Å². The SMILES string of the molecule is C=C(C)C1=C=C=CC=C(C(C)[CH+]CCCC)C/C=C\1. The number of rotatable bonds is 6. The van der Waals surface area contributed by atoms with Crippen LogP contribution in [0.25, 0.3) is 0 Å². The zero-order valence-electron chi connectivity index (χ0n) is 12.5. The van der Waals surface area contributed by atoms with Crippen LogP contribution in [0.4, 0.5) is 0 Å². The van der Waals surface area contributed by atoms with Gasteiger partial charge in [0.25, 0.3) is 0 Å². The normalized spacial score (nSPS) is 17.6. The molecule has 0 saturated heterocycles. The van der Waals surface area contributed by atoms with Gasteiger partial charge in [-0.3, -0.25) is 0 Å². The Morgan fingerprint density at radius 3 is 3.00 bits per heavy atom. The second kappa shape index (κ2) is 8.48. The second-order valence-corrected chi connectivity index (χ2v) is 5.14. The predicted molar refractivity (Wildman–Crippen MR) is 84.8 cm³/mol. The third-order valence-corrected chi connectivity index (χ3v) is 3.35. The molecule has 0 aromatic rings. The zero-order chi connectivity index (χ0) is 14.1. The van der Waals surface area contributed by atoms with E-state index in [0.717, 1.165) is 17.6 Å². The third kappa shape index (κ3) is 5.71. The van der Waals surface area contributed by atoms with E-state index in [-0.39, 0.29) is 0 Å². The fourth-order valence-electron chi connectivity index (χ4n) is 2.00. The molecule has 1 atom stereocenters. The highest BCUT2D eigenvalue weighted by Gasteiger charge is 2.15. The van der Waals surface area contributed by atoms with Gasteiger partial charge in [0.1, 0.15) is 5.92 Å². The third-order valence-electron chi connectivity index (χ3n) is 3.35. The lowest BCUT2D eigenvalue weighted by molar-refractivity contribution is 0.674. The molecular weight excluding hydrogens is 228 g/mol. The quantitative estimate of drug-likeness (QED) is 0.323.